The van der Waals surface area contributed by atoms with Gasteiger partial charge in [-0.3, -0.25) is 4.79 Å². The molecule has 5 rings (SSSR count). The van der Waals surface area contributed by atoms with Gasteiger partial charge in [0.2, 0.25) is 0 Å². The van der Waals surface area contributed by atoms with Crippen LogP contribution in [0.4, 0.5) is 0 Å². The summed E-state index contributed by atoms with van der Waals surface area (Å²) < 4.78 is 30.3. The van der Waals surface area contributed by atoms with Crippen molar-refractivity contribution in [1.29, 1.82) is 0 Å². The van der Waals surface area contributed by atoms with Crippen LogP contribution in [0, 0.1) is 5.41 Å². The molecule has 0 N–H and O–H groups in total. The first-order valence-electron chi connectivity index (χ1n) is 16.6. The van der Waals surface area contributed by atoms with Crippen LogP contribution in [0.15, 0.2) is 119 Å². The second-order valence-electron chi connectivity index (χ2n) is 13.0. The lowest BCUT2D eigenvalue weighted by atomic mass is 9.67. The molecule has 282 valence electrons. The highest BCUT2D eigenvalue weighted by Gasteiger charge is 2.62. The number of carbonyl (C=O) groups is 3. The lowest BCUT2D eigenvalue weighted by Crippen LogP contribution is -2.36. The monoisotopic (exact) mass is 918 g/mol. The smallest absolute Gasteiger partial charge is 0.335 e. The van der Waals surface area contributed by atoms with E-state index in [0.717, 1.165) is 28.8 Å². The molecule has 3 unspecified atom stereocenters. The maximum absolute atomic E-state index is 14.4. The molecule has 0 aromatic heterocycles. The third-order valence-electron chi connectivity index (χ3n) is 8.99. The number of carbonyl (C=O) groups excluding carboxylic acids is 3. The SMILES string of the molecule is C=CC(=O)Oc1cc(Br)c(OCC(COC2C(OC(=O)C=C)C2(C)C)OC(=O)CC(c2ccc(Cl)cc2)(c2ccc(Cl)cc2)c2ccc(Cl)cc2)c(Br)c1. The van der Waals surface area contributed by atoms with Gasteiger partial charge in [-0.15, -0.1) is 0 Å². The topological polar surface area (TPSA) is 97.4 Å². The Kier molecular flexibility index (Phi) is 13.7. The van der Waals surface area contributed by atoms with E-state index < -0.39 is 47.0 Å². The minimum absolute atomic E-state index is 0.0952. The molecule has 54 heavy (non-hydrogen) atoms. The predicted molar refractivity (Wildman–Crippen MR) is 216 cm³/mol. The van der Waals surface area contributed by atoms with Crippen molar-refractivity contribution in [3.63, 3.8) is 0 Å². The maximum Gasteiger partial charge on any atom is 0.335 e. The van der Waals surface area contributed by atoms with Crippen molar-refractivity contribution in [2.75, 3.05) is 13.2 Å². The molecule has 0 amide bonds. The normalized spacial score (nSPS) is 16.4. The molecule has 8 nitrogen and oxygen atoms in total. The Morgan fingerprint density at radius 1 is 0.759 bits per heavy atom. The molecule has 0 saturated heterocycles. The van der Waals surface area contributed by atoms with Crippen molar-refractivity contribution in [2.45, 2.75) is 44.0 Å². The van der Waals surface area contributed by atoms with Crippen LogP contribution >= 0.6 is 66.7 Å². The minimum Gasteiger partial charge on any atom is -0.487 e. The van der Waals surface area contributed by atoms with E-state index in [0.29, 0.717) is 29.8 Å². The van der Waals surface area contributed by atoms with Gasteiger partial charge in [-0.1, -0.05) is 98.2 Å². The second-order valence-corrected chi connectivity index (χ2v) is 16.0. The highest BCUT2D eigenvalue weighted by atomic mass is 79.9. The van der Waals surface area contributed by atoms with Crippen LogP contribution in [0.25, 0.3) is 0 Å². The summed E-state index contributed by atoms with van der Waals surface area (Å²) in [6.07, 6.45) is 0.0477. The van der Waals surface area contributed by atoms with Crippen LogP contribution < -0.4 is 9.47 Å². The highest BCUT2D eigenvalue weighted by molar-refractivity contribution is 9.11. The third kappa shape index (κ3) is 9.77. The van der Waals surface area contributed by atoms with Gasteiger partial charge >= 0.3 is 17.9 Å². The summed E-state index contributed by atoms with van der Waals surface area (Å²) in [6.45, 7) is 10.5. The van der Waals surface area contributed by atoms with Gasteiger partial charge in [-0.25, -0.2) is 9.59 Å². The van der Waals surface area contributed by atoms with E-state index in [1.54, 1.807) is 48.5 Å². The molecule has 0 aliphatic heterocycles. The van der Waals surface area contributed by atoms with Crippen LogP contribution in [0.1, 0.15) is 37.0 Å². The molecule has 1 aliphatic rings. The Balaban J connectivity index is 1.47. The first-order chi connectivity index (χ1) is 25.7. The van der Waals surface area contributed by atoms with Gasteiger partial charge in [0.1, 0.15) is 30.3 Å². The zero-order valence-electron chi connectivity index (χ0n) is 29.2. The summed E-state index contributed by atoms with van der Waals surface area (Å²) in [6, 6.07) is 24.9. The van der Waals surface area contributed by atoms with E-state index in [9.17, 15) is 14.4 Å². The summed E-state index contributed by atoms with van der Waals surface area (Å²) in [5.74, 6) is -1.15. The minimum atomic E-state index is -1.07. The van der Waals surface area contributed by atoms with Crippen molar-refractivity contribution in [3.8, 4) is 11.5 Å². The second kappa shape index (κ2) is 17.9. The zero-order valence-corrected chi connectivity index (χ0v) is 34.6. The van der Waals surface area contributed by atoms with Gasteiger partial charge in [0.05, 0.1) is 27.4 Å². The van der Waals surface area contributed by atoms with Gasteiger partial charge in [0.15, 0.2) is 6.10 Å². The highest BCUT2D eigenvalue weighted by Crippen LogP contribution is 2.50. The van der Waals surface area contributed by atoms with E-state index in [1.165, 1.54) is 0 Å². The summed E-state index contributed by atoms with van der Waals surface area (Å²) in [5.41, 5.74) is 0.750. The van der Waals surface area contributed by atoms with E-state index in [1.807, 2.05) is 50.2 Å². The van der Waals surface area contributed by atoms with Gasteiger partial charge < -0.3 is 23.7 Å². The fourth-order valence-electron chi connectivity index (χ4n) is 6.08. The number of ether oxygens (including phenoxy) is 5. The number of benzene rings is 4. The molecule has 4 aromatic carbocycles. The van der Waals surface area contributed by atoms with Crippen LogP contribution in [0.5, 0.6) is 11.5 Å². The molecule has 13 heteroatoms. The molecule has 0 heterocycles. The Hall–Kier alpha value is -3.64. The number of hydrogen-bond donors (Lipinski definition) is 0. The average Bonchev–Trinajstić information content (AvgIpc) is 3.66. The van der Waals surface area contributed by atoms with Gasteiger partial charge in [-0.2, -0.15) is 0 Å². The van der Waals surface area contributed by atoms with Crippen LogP contribution in [0.3, 0.4) is 0 Å². The molecule has 1 aliphatic carbocycles. The molecule has 3 atom stereocenters. The van der Waals surface area contributed by atoms with E-state index in [-0.39, 0.29) is 25.4 Å². The standard InChI is InChI=1S/C41H35Br2Cl3O8/c1-5-34(47)52-30-19-32(42)37(33(43)20-30)50-22-31(23-51-38-39(40(38,3)4)54-35(48)6-2)53-36(49)21-41(24-7-13-27(44)14-8-24,25-9-15-28(45)16-10-25)26-11-17-29(46)18-12-26/h5-20,31,38-39H,1-2,21-23H2,3-4H3. The van der Waals surface area contributed by atoms with Crippen molar-refractivity contribution in [2.24, 2.45) is 5.41 Å². The Labute approximate surface area is 345 Å². The Bertz CT molecular complexity index is 1880. The summed E-state index contributed by atoms with van der Waals surface area (Å²) in [4.78, 5) is 38.2. The van der Waals surface area contributed by atoms with Crippen LogP contribution in [-0.4, -0.2) is 49.4 Å². The Morgan fingerprint density at radius 3 is 1.67 bits per heavy atom. The Morgan fingerprint density at radius 2 is 1.22 bits per heavy atom. The molecule has 0 radical (unpaired) electrons. The van der Waals surface area contributed by atoms with Crippen molar-refractivity contribution in [3.05, 3.63) is 151 Å². The molecule has 4 aromatic rings. The molecule has 0 spiro atoms. The van der Waals surface area contributed by atoms with Gasteiger partial charge in [0, 0.05) is 32.6 Å². The first-order valence-corrected chi connectivity index (χ1v) is 19.3. The molecular formula is C41H35Br2Cl3O8. The summed E-state index contributed by atoms with van der Waals surface area (Å²) >= 11 is 25.9. The van der Waals surface area contributed by atoms with E-state index in [2.05, 4.69) is 45.0 Å². The molecule has 1 fully saturated rings. The quantitative estimate of drug-likeness (QED) is 0.0474. The van der Waals surface area contributed by atoms with Gasteiger partial charge in [-0.05, 0) is 97.1 Å². The lowest BCUT2D eigenvalue weighted by Gasteiger charge is -2.36. The zero-order chi connectivity index (χ0) is 39.2. The van der Waals surface area contributed by atoms with Crippen molar-refractivity contribution in [1.82, 2.24) is 0 Å². The number of esters is 3. The fourth-order valence-corrected chi connectivity index (χ4v) is 7.83. The van der Waals surface area contributed by atoms with Crippen LogP contribution in [0.2, 0.25) is 15.1 Å². The first kappa shape index (κ1) is 41.5. The fraction of sp³-hybridized carbons (Fsp3) is 0.244. The van der Waals surface area contributed by atoms with Crippen molar-refractivity contribution < 1.29 is 38.1 Å². The summed E-state index contributed by atoms with van der Waals surface area (Å²) in [5, 5.41) is 1.59. The molecular weight excluding hydrogens is 887 g/mol. The largest absolute Gasteiger partial charge is 0.487 e. The molecule has 1 saturated carbocycles. The third-order valence-corrected chi connectivity index (χ3v) is 10.9. The molecule has 0 bridgehead atoms. The number of halogens is 5. The summed E-state index contributed by atoms with van der Waals surface area (Å²) in [7, 11) is 0. The van der Waals surface area contributed by atoms with E-state index in [4.69, 9.17) is 58.5 Å². The maximum atomic E-state index is 14.4. The predicted octanol–water partition coefficient (Wildman–Crippen LogP) is 10.5. The lowest BCUT2D eigenvalue weighted by molar-refractivity contribution is -0.156. The van der Waals surface area contributed by atoms with Crippen LogP contribution in [-0.2, 0) is 34.0 Å². The van der Waals surface area contributed by atoms with Gasteiger partial charge in [0.25, 0.3) is 0 Å². The van der Waals surface area contributed by atoms with E-state index >= 15 is 0 Å². The number of hydrogen-bond acceptors (Lipinski definition) is 8. The van der Waals surface area contributed by atoms with Crippen molar-refractivity contribution >= 4 is 84.6 Å². The number of rotatable bonds is 16. The average molecular weight is 922 g/mol.